The van der Waals surface area contributed by atoms with Crippen molar-refractivity contribution in [2.45, 2.75) is 38.5 Å². The SMILES string of the molecule is C=CCCN(CCCCCCOC1=CC[CH]C=C1)c1ccc(Cl)cc1. The molecule has 2 nitrogen and oxygen atoms in total. The molecule has 0 atom stereocenters. The number of allylic oxidation sites excluding steroid dienone is 3. The van der Waals surface area contributed by atoms with Crippen LogP contribution in [-0.2, 0) is 4.74 Å². The van der Waals surface area contributed by atoms with E-state index in [0.29, 0.717) is 0 Å². The molecule has 3 heteroatoms. The molecule has 0 amide bonds. The molecule has 1 aromatic carbocycles. The number of rotatable bonds is 12. The minimum atomic E-state index is 0.785. The number of hydrogen-bond acceptors (Lipinski definition) is 2. The second-order valence-electron chi connectivity index (χ2n) is 6.24. The quantitative estimate of drug-likeness (QED) is 0.319. The van der Waals surface area contributed by atoms with Gasteiger partial charge in [0.2, 0.25) is 0 Å². The summed E-state index contributed by atoms with van der Waals surface area (Å²) in [7, 11) is 0. The van der Waals surface area contributed by atoms with E-state index in [2.05, 4.69) is 42.2 Å². The van der Waals surface area contributed by atoms with Gasteiger partial charge in [0.25, 0.3) is 0 Å². The van der Waals surface area contributed by atoms with Crippen LogP contribution in [0.2, 0.25) is 5.02 Å². The number of halogens is 1. The van der Waals surface area contributed by atoms with Crippen LogP contribution in [0, 0.1) is 6.42 Å². The van der Waals surface area contributed by atoms with Crippen LogP contribution in [0.25, 0.3) is 0 Å². The minimum absolute atomic E-state index is 0.785. The normalized spacial score (nSPS) is 13.4. The largest absolute Gasteiger partial charge is 0.494 e. The standard InChI is InChI=1S/C22H29ClNO/c1-2-3-17-24(21-15-13-20(23)14-16-21)18-9-4-5-10-19-25-22-11-7-6-8-12-22/h2,6-7,11-16H,1,3-5,8-10,17-19H2. The monoisotopic (exact) mass is 358 g/mol. The molecule has 1 aliphatic carbocycles. The number of anilines is 1. The minimum Gasteiger partial charge on any atom is -0.494 e. The lowest BCUT2D eigenvalue weighted by atomic mass is 10.1. The highest BCUT2D eigenvalue weighted by atomic mass is 35.5. The lowest BCUT2D eigenvalue weighted by molar-refractivity contribution is 0.215. The van der Waals surface area contributed by atoms with Gasteiger partial charge >= 0.3 is 0 Å². The van der Waals surface area contributed by atoms with E-state index in [1.807, 2.05) is 24.3 Å². The van der Waals surface area contributed by atoms with E-state index in [-0.39, 0.29) is 0 Å². The van der Waals surface area contributed by atoms with Gasteiger partial charge in [-0.2, -0.15) is 0 Å². The summed E-state index contributed by atoms with van der Waals surface area (Å²) in [4.78, 5) is 2.42. The molecule has 1 aromatic rings. The highest BCUT2D eigenvalue weighted by Gasteiger charge is 2.05. The van der Waals surface area contributed by atoms with E-state index >= 15 is 0 Å². The number of nitrogens with zero attached hydrogens (tertiary/aromatic N) is 1. The molecule has 25 heavy (non-hydrogen) atoms. The van der Waals surface area contributed by atoms with Gasteiger partial charge < -0.3 is 9.64 Å². The van der Waals surface area contributed by atoms with Crippen molar-refractivity contribution in [3.05, 3.63) is 72.4 Å². The zero-order valence-electron chi connectivity index (χ0n) is 15.0. The molecule has 2 rings (SSSR count). The Morgan fingerprint density at radius 3 is 2.60 bits per heavy atom. The van der Waals surface area contributed by atoms with Crippen LogP contribution in [0.5, 0.6) is 0 Å². The predicted molar refractivity (Wildman–Crippen MR) is 109 cm³/mol. The number of unbranched alkanes of at least 4 members (excludes halogenated alkanes) is 3. The lowest BCUT2D eigenvalue weighted by Gasteiger charge is -2.24. The molecule has 0 aromatic heterocycles. The molecule has 0 aliphatic heterocycles. The summed E-state index contributed by atoms with van der Waals surface area (Å²) in [5, 5.41) is 0.785. The third-order valence-corrected chi connectivity index (χ3v) is 4.49. The van der Waals surface area contributed by atoms with E-state index in [1.165, 1.54) is 24.9 Å². The summed E-state index contributed by atoms with van der Waals surface area (Å²) in [6.45, 7) is 6.72. The van der Waals surface area contributed by atoms with Crippen LogP contribution >= 0.6 is 11.6 Å². The maximum atomic E-state index is 6.00. The Balaban J connectivity index is 1.63. The smallest absolute Gasteiger partial charge is 0.115 e. The van der Waals surface area contributed by atoms with Crippen molar-refractivity contribution in [3.63, 3.8) is 0 Å². The Bertz CT molecular complexity index is 562. The Morgan fingerprint density at radius 1 is 1.08 bits per heavy atom. The van der Waals surface area contributed by atoms with E-state index in [0.717, 1.165) is 49.7 Å². The molecule has 0 unspecified atom stereocenters. The van der Waals surface area contributed by atoms with Crippen molar-refractivity contribution in [1.82, 2.24) is 0 Å². The van der Waals surface area contributed by atoms with Gasteiger partial charge in [-0.25, -0.2) is 0 Å². The average Bonchev–Trinajstić information content (AvgIpc) is 2.65. The van der Waals surface area contributed by atoms with Gasteiger partial charge in [0, 0.05) is 23.8 Å². The third-order valence-electron chi connectivity index (χ3n) is 4.24. The molecule has 1 radical (unpaired) electrons. The van der Waals surface area contributed by atoms with Crippen molar-refractivity contribution < 1.29 is 4.74 Å². The van der Waals surface area contributed by atoms with E-state index < -0.39 is 0 Å². The molecule has 0 saturated carbocycles. The van der Waals surface area contributed by atoms with Gasteiger partial charge in [-0.15, -0.1) is 6.58 Å². The molecule has 0 N–H and O–H groups in total. The van der Waals surface area contributed by atoms with Gasteiger partial charge in [-0.05, 0) is 68.5 Å². The molecule has 135 valence electrons. The van der Waals surface area contributed by atoms with Crippen LogP contribution in [0.1, 0.15) is 38.5 Å². The highest BCUT2D eigenvalue weighted by Crippen LogP contribution is 2.19. The van der Waals surface area contributed by atoms with Gasteiger partial charge in [0.05, 0.1) is 6.61 Å². The van der Waals surface area contributed by atoms with Gasteiger partial charge in [0.1, 0.15) is 5.76 Å². The van der Waals surface area contributed by atoms with Crippen LogP contribution in [0.15, 0.2) is 60.9 Å². The van der Waals surface area contributed by atoms with E-state index in [9.17, 15) is 0 Å². The van der Waals surface area contributed by atoms with Crippen molar-refractivity contribution >= 4 is 17.3 Å². The summed E-state index contributed by atoms with van der Waals surface area (Å²) in [6, 6.07) is 8.12. The van der Waals surface area contributed by atoms with Crippen LogP contribution in [-0.4, -0.2) is 19.7 Å². The van der Waals surface area contributed by atoms with Gasteiger partial charge in [-0.1, -0.05) is 36.6 Å². The Morgan fingerprint density at radius 2 is 1.88 bits per heavy atom. The maximum Gasteiger partial charge on any atom is 0.115 e. The topological polar surface area (TPSA) is 12.5 Å². The average molecular weight is 359 g/mol. The van der Waals surface area contributed by atoms with E-state index in [4.69, 9.17) is 16.3 Å². The van der Waals surface area contributed by atoms with Crippen LogP contribution < -0.4 is 4.90 Å². The molecule has 0 spiro atoms. The first-order chi connectivity index (χ1) is 12.3. The Hall–Kier alpha value is -1.67. The molecule has 0 fully saturated rings. The van der Waals surface area contributed by atoms with Crippen molar-refractivity contribution in [3.8, 4) is 0 Å². The first-order valence-corrected chi connectivity index (χ1v) is 9.61. The second-order valence-corrected chi connectivity index (χ2v) is 6.68. The van der Waals surface area contributed by atoms with Crippen molar-refractivity contribution in [2.24, 2.45) is 0 Å². The highest BCUT2D eigenvalue weighted by molar-refractivity contribution is 6.30. The zero-order chi connectivity index (χ0) is 17.7. The fourth-order valence-electron chi connectivity index (χ4n) is 2.82. The zero-order valence-corrected chi connectivity index (χ0v) is 15.8. The molecule has 0 bridgehead atoms. The van der Waals surface area contributed by atoms with E-state index in [1.54, 1.807) is 0 Å². The third kappa shape index (κ3) is 7.83. The number of benzene rings is 1. The van der Waals surface area contributed by atoms with Gasteiger partial charge in [0.15, 0.2) is 0 Å². The summed E-state index contributed by atoms with van der Waals surface area (Å²) in [6.07, 6.45) is 17.1. The first-order valence-electron chi connectivity index (χ1n) is 9.24. The summed E-state index contributed by atoms with van der Waals surface area (Å²) >= 11 is 6.00. The summed E-state index contributed by atoms with van der Waals surface area (Å²) < 4.78 is 5.76. The van der Waals surface area contributed by atoms with Crippen LogP contribution in [0.4, 0.5) is 5.69 Å². The molecule has 1 aliphatic rings. The molecule has 0 saturated heterocycles. The molecular weight excluding hydrogens is 330 g/mol. The first kappa shape index (κ1) is 19.7. The number of hydrogen-bond donors (Lipinski definition) is 0. The second kappa shape index (κ2) is 11.8. The lowest BCUT2D eigenvalue weighted by Crippen LogP contribution is -2.25. The van der Waals surface area contributed by atoms with Gasteiger partial charge in [-0.3, -0.25) is 0 Å². The fraction of sp³-hybridized carbons (Fsp3) is 0.409. The summed E-state index contributed by atoms with van der Waals surface area (Å²) in [5.74, 6) is 1.01. The Labute approximate surface area is 157 Å². The van der Waals surface area contributed by atoms with Crippen LogP contribution in [0.3, 0.4) is 0 Å². The van der Waals surface area contributed by atoms with Crippen molar-refractivity contribution in [2.75, 3.05) is 24.6 Å². The molecular formula is C22H29ClNO. The fourth-order valence-corrected chi connectivity index (χ4v) is 2.94. The number of ether oxygens (including phenoxy) is 1. The molecule has 0 heterocycles. The van der Waals surface area contributed by atoms with Crippen molar-refractivity contribution in [1.29, 1.82) is 0 Å². The predicted octanol–water partition coefficient (Wildman–Crippen LogP) is 6.35. The Kier molecular flexibility index (Phi) is 9.28. The summed E-state index contributed by atoms with van der Waals surface area (Å²) in [5.41, 5.74) is 1.24. The maximum absolute atomic E-state index is 6.00.